The number of aromatic nitrogens is 2. The van der Waals surface area contributed by atoms with Crippen LogP contribution >= 0.6 is 47.8 Å². The number of ether oxygens (including phenoxy) is 1. The SMILES string of the molecule is O=C(COc1c(Br)cc(Br)cc1Br)Nc1c[nH]c(=O)[nH]c1=O. The van der Waals surface area contributed by atoms with Gasteiger partial charge in [0, 0.05) is 10.7 Å². The molecule has 0 aliphatic heterocycles. The van der Waals surface area contributed by atoms with Gasteiger partial charge >= 0.3 is 5.69 Å². The van der Waals surface area contributed by atoms with Crippen LogP contribution < -0.4 is 21.3 Å². The zero-order valence-corrected chi connectivity index (χ0v) is 15.5. The second-order valence-electron chi connectivity index (χ2n) is 4.02. The highest BCUT2D eigenvalue weighted by Crippen LogP contribution is 2.36. The lowest BCUT2D eigenvalue weighted by Crippen LogP contribution is -2.28. The zero-order valence-electron chi connectivity index (χ0n) is 10.7. The first-order valence-electron chi connectivity index (χ1n) is 5.76. The van der Waals surface area contributed by atoms with Gasteiger partial charge in [0.25, 0.3) is 11.5 Å². The molecule has 2 aromatic rings. The van der Waals surface area contributed by atoms with Gasteiger partial charge in [-0.2, -0.15) is 0 Å². The van der Waals surface area contributed by atoms with Crippen LogP contribution in [0.1, 0.15) is 0 Å². The Hall–Kier alpha value is -1.39. The van der Waals surface area contributed by atoms with Gasteiger partial charge in [-0.3, -0.25) is 14.6 Å². The number of carbonyl (C=O) groups is 1. The van der Waals surface area contributed by atoms with E-state index in [4.69, 9.17) is 4.74 Å². The van der Waals surface area contributed by atoms with Crippen LogP contribution in [0.2, 0.25) is 0 Å². The number of carbonyl (C=O) groups excluding carboxylic acids is 1. The summed E-state index contributed by atoms with van der Waals surface area (Å²) in [5.74, 6) is -0.0898. The fourth-order valence-corrected chi connectivity index (χ4v) is 3.98. The summed E-state index contributed by atoms with van der Waals surface area (Å²) in [6.07, 6.45) is 1.12. The molecule has 0 aliphatic carbocycles. The molecule has 3 N–H and O–H groups in total. The Bertz CT molecular complexity index is 808. The second kappa shape index (κ2) is 7.25. The maximum atomic E-state index is 11.8. The van der Waals surface area contributed by atoms with Crippen LogP contribution in [0.4, 0.5) is 5.69 Å². The Kier molecular flexibility index (Phi) is 5.59. The maximum Gasteiger partial charge on any atom is 0.325 e. The average Bonchev–Trinajstić information content (AvgIpc) is 2.40. The van der Waals surface area contributed by atoms with Crippen LogP contribution in [-0.2, 0) is 4.79 Å². The topological polar surface area (TPSA) is 104 Å². The third-order valence-electron chi connectivity index (χ3n) is 2.40. The van der Waals surface area contributed by atoms with Crippen molar-refractivity contribution in [3.63, 3.8) is 0 Å². The van der Waals surface area contributed by atoms with Crippen molar-refractivity contribution >= 4 is 59.4 Å². The monoisotopic (exact) mass is 495 g/mol. The number of benzene rings is 1. The first-order valence-corrected chi connectivity index (χ1v) is 8.14. The summed E-state index contributed by atoms with van der Waals surface area (Å²) in [5.41, 5.74) is -1.41. The molecule has 22 heavy (non-hydrogen) atoms. The van der Waals surface area contributed by atoms with E-state index >= 15 is 0 Å². The van der Waals surface area contributed by atoms with Gasteiger partial charge in [-0.15, -0.1) is 0 Å². The molecular weight excluding hydrogens is 490 g/mol. The third kappa shape index (κ3) is 4.31. The largest absolute Gasteiger partial charge is 0.481 e. The normalized spacial score (nSPS) is 10.3. The van der Waals surface area contributed by atoms with E-state index in [0.717, 1.165) is 10.7 Å². The Morgan fingerprint density at radius 2 is 1.82 bits per heavy atom. The number of halogens is 3. The van der Waals surface area contributed by atoms with Crippen LogP contribution in [0.15, 0.2) is 41.3 Å². The number of aromatic amines is 2. The van der Waals surface area contributed by atoms with Crippen molar-refractivity contribution in [2.24, 2.45) is 0 Å². The Labute approximate surface area is 148 Å². The molecule has 116 valence electrons. The predicted molar refractivity (Wildman–Crippen MR) is 91.4 cm³/mol. The van der Waals surface area contributed by atoms with Gasteiger partial charge in [-0.25, -0.2) is 4.79 Å². The number of hydrogen-bond acceptors (Lipinski definition) is 4. The van der Waals surface area contributed by atoms with Crippen LogP contribution in [-0.4, -0.2) is 22.5 Å². The van der Waals surface area contributed by atoms with E-state index in [0.29, 0.717) is 14.7 Å². The van der Waals surface area contributed by atoms with Gasteiger partial charge in [0.1, 0.15) is 11.4 Å². The molecule has 7 nitrogen and oxygen atoms in total. The summed E-state index contributed by atoms with van der Waals surface area (Å²) < 4.78 is 7.56. The molecule has 1 amide bonds. The molecule has 0 saturated heterocycles. The standard InChI is InChI=1S/C12H8Br3N3O4/c13-5-1-6(14)10(7(15)2-5)22-4-9(19)17-8-3-16-12(21)18-11(8)20/h1-3H,4H2,(H,17,19)(H2,16,18,20,21). The summed E-state index contributed by atoms with van der Waals surface area (Å²) in [6, 6.07) is 3.54. The van der Waals surface area contributed by atoms with Crippen molar-refractivity contribution in [2.75, 3.05) is 11.9 Å². The molecule has 0 aliphatic rings. The van der Waals surface area contributed by atoms with E-state index in [9.17, 15) is 14.4 Å². The van der Waals surface area contributed by atoms with Crippen LogP contribution in [0.5, 0.6) is 5.75 Å². The molecule has 1 aromatic carbocycles. The van der Waals surface area contributed by atoms with Gasteiger partial charge in [0.15, 0.2) is 6.61 Å². The highest BCUT2D eigenvalue weighted by Gasteiger charge is 2.12. The molecule has 0 radical (unpaired) electrons. The summed E-state index contributed by atoms with van der Waals surface area (Å²) in [4.78, 5) is 38.4. The van der Waals surface area contributed by atoms with Gasteiger partial charge in [0.2, 0.25) is 0 Å². The lowest BCUT2D eigenvalue weighted by molar-refractivity contribution is -0.118. The van der Waals surface area contributed by atoms with Gasteiger partial charge in [-0.05, 0) is 44.0 Å². The average molecular weight is 498 g/mol. The molecule has 0 fully saturated rings. The third-order valence-corrected chi connectivity index (χ3v) is 4.04. The summed E-state index contributed by atoms with van der Waals surface area (Å²) in [6.45, 7) is -0.308. The van der Waals surface area contributed by atoms with Crippen molar-refractivity contribution in [2.45, 2.75) is 0 Å². The first kappa shape index (κ1) is 17.0. The number of rotatable bonds is 4. The Morgan fingerprint density at radius 1 is 1.18 bits per heavy atom. The minimum atomic E-state index is -0.692. The lowest BCUT2D eigenvalue weighted by Gasteiger charge is -2.10. The minimum Gasteiger partial charge on any atom is -0.481 e. The Morgan fingerprint density at radius 3 is 2.41 bits per heavy atom. The number of hydrogen-bond donors (Lipinski definition) is 3. The molecule has 0 unspecified atom stereocenters. The van der Waals surface area contributed by atoms with E-state index in [1.165, 1.54) is 0 Å². The number of amides is 1. The molecule has 1 aromatic heterocycles. The molecule has 0 bridgehead atoms. The predicted octanol–water partition coefficient (Wildman–Crippen LogP) is 2.37. The first-order chi connectivity index (χ1) is 10.4. The van der Waals surface area contributed by atoms with E-state index in [1.807, 2.05) is 4.98 Å². The quantitative estimate of drug-likeness (QED) is 0.603. The summed E-state index contributed by atoms with van der Waals surface area (Å²) >= 11 is 9.97. The van der Waals surface area contributed by atoms with Crippen molar-refractivity contribution in [1.82, 2.24) is 9.97 Å². The van der Waals surface area contributed by atoms with Crippen molar-refractivity contribution in [1.29, 1.82) is 0 Å². The molecular formula is C12H8Br3N3O4. The zero-order chi connectivity index (χ0) is 16.3. The van der Waals surface area contributed by atoms with Crippen LogP contribution in [0.3, 0.4) is 0 Å². The Balaban J connectivity index is 2.05. The number of H-pyrrole nitrogens is 2. The van der Waals surface area contributed by atoms with E-state index < -0.39 is 17.2 Å². The van der Waals surface area contributed by atoms with Crippen molar-refractivity contribution < 1.29 is 9.53 Å². The molecule has 10 heteroatoms. The molecule has 1 heterocycles. The lowest BCUT2D eigenvalue weighted by atomic mass is 10.3. The minimum absolute atomic E-state index is 0.0675. The summed E-state index contributed by atoms with van der Waals surface area (Å²) in [5, 5.41) is 2.34. The number of anilines is 1. The van der Waals surface area contributed by atoms with E-state index in [1.54, 1.807) is 12.1 Å². The highest BCUT2D eigenvalue weighted by molar-refractivity contribution is 9.11. The smallest absolute Gasteiger partial charge is 0.325 e. The molecule has 0 atom stereocenters. The van der Waals surface area contributed by atoms with Crippen LogP contribution in [0.25, 0.3) is 0 Å². The van der Waals surface area contributed by atoms with Gasteiger partial charge in [0.05, 0.1) is 8.95 Å². The maximum absolute atomic E-state index is 11.8. The van der Waals surface area contributed by atoms with Gasteiger partial charge < -0.3 is 15.0 Å². The molecule has 0 saturated carbocycles. The fourth-order valence-electron chi connectivity index (χ4n) is 1.49. The van der Waals surface area contributed by atoms with E-state index in [-0.39, 0.29) is 12.3 Å². The molecule has 0 spiro atoms. The van der Waals surface area contributed by atoms with E-state index in [2.05, 4.69) is 58.1 Å². The second-order valence-corrected chi connectivity index (χ2v) is 6.65. The van der Waals surface area contributed by atoms with Crippen molar-refractivity contribution in [3.05, 3.63) is 52.6 Å². The number of nitrogens with one attached hydrogen (secondary N) is 3. The summed E-state index contributed by atoms with van der Waals surface area (Å²) in [7, 11) is 0. The van der Waals surface area contributed by atoms with Crippen LogP contribution in [0, 0.1) is 0 Å². The fraction of sp³-hybridized carbons (Fsp3) is 0.0833. The van der Waals surface area contributed by atoms with Crippen molar-refractivity contribution in [3.8, 4) is 5.75 Å². The molecule has 2 rings (SSSR count). The highest BCUT2D eigenvalue weighted by atomic mass is 79.9. The van der Waals surface area contributed by atoms with Gasteiger partial charge in [-0.1, -0.05) is 15.9 Å².